The van der Waals surface area contributed by atoms with Gasteiger partial charge in [0.05, 0.1) is 0 Å². The van der Waals surface area contributed by atoms with Gasteiger partial charge in [0.25, 0.3) is 5.91 Å². The van der Waals surface area contributed by atoms with Crippen LogP contribution in [0.1, 0.15) is 37.6 Å². The largest absolute Gasteiger partial charge is 0.385 e. The van der Waals surface area contributed by atoms with Crippen molar-refractivity contribution in [2.24, 2.45) is 5.41 Å². The van der Waals surface area contributed by atoms with E-state index in [4.69, 9.17) is 17.0 Å². The third-order valence-electron chi connectivity index (χ3n) is 3.12. The number of ether oxygens (including phenoxy) is 1. The van der Waals surface area contributed by atoms with E-state index in [-0.39, 0.29) is 16.9 Å². The van der Waals surface area contributed by atoms with Crippen LogP contribution >= 0.6 is 12.2 Å². The summed E-state index contributed by atoms with van der Waals surface area (Å²) in [7, 11) is 1.63. The maximum absolute atomic E-state index is 11.9. The van der Waals surface area contributed by atoms with Crippen molar-refractivity contribution in [2.45, 2.75) is 27.2 Å². The van der Waals surface area contributed by atoms with E-state index in [0.717, 1.165) is 6.42 Å². The highest BCUT2D eigenvalue weighted by molar-refractivity contribution is 7.80. The Morgan fingerprint density at radius 2 is 1.79 bits per heavy atom. The molecule has 0 unspecified atom stereocenters. The summed E-state index contributed by atoms with van der Waals surface area (Å²) in [5.74, 6) is -0.298. The van der Waals surface area contributed by atoms with Crippen LogP contribution in [0.2, 0.25) is 0 Å². The SMILES string of the molecule is COCCCNC(=O)c1ccc(NC(=S)NC(=O)C(C)(C)C)cc1. The average Bonchev–Trinajstić information content (AvgIpc) is 2.51. The first kappa shape index (κ1) is 20.1. The second-order valence-electron chi connectivity index (χ2n) is 6.34. The Morgan fingerprint density at radius 3 is 2.33 bits per heavy atom. The number of rotatable bonds is 6. The van der Waals surface area contributed by atoms with Crippen LogP contribution in [0.15, 0.2) is 24.3 Å². The van der Waals surface area contributed by atoms with Gasteiger partial charge in [-0.15, -0.1) is 0 Å². The fraction of sp³-hybridized carbons (Fsp3) is 0.471. The summed E-state index contributed by atoms with van der Waals surface area (Å²) < 4.78 is 4.93. The van der Waals surface area contributed by atoms with Crippen molar-refractivity contribution in [2.75, 3.05) is 25.6 Å². The molecule has 1 aromatic carbocycles. The Labute approximate surface area is 148 Å². The minimum absolute atomic E-state index is 0.138. The van der Waals surface area contributed by atoms with Crippen molar-refractivity contribution in [3.05, 3.63) is 29.8 Å². The van der Waals surface area contributed by atoms with Crippen LogP contribution in [0.5, 0.6) is 0 Å². The first-order chi connectivity index (χ1) is 11.2. The summed E-state index contributed by atoms with van der Waals surface area (Å²) in [5.41, 5.74) is 0.740. The van der Waals surface area contributed by atoms with E-state index in [9.17, 15) is 9.59 Å². The molecule has 24 heavy (non-hydrogen) atoms. The van der Waals surface area contributed by atoms with Crippen LogP contribution < -0.4 is 16.0 Å². The molecule has 0 spiro atoms. The van der Waals surface area contributed by atoms with Gasteiger partial charge in [-0.3, -0.25) is 9.59 Å². The molecule has 0 saturated heterocycles. The van der Waals surface area contributed by atoms with Gasteiger partial charge in [-0.2, -0.15) is 0 Å². The lowest BCUT2D eigenvalue weighted by Crippen LogP contribution is -2.41. The normalized spacial score (nSPS) is 10.8. The van der Waals surface area contributed by atoms with Crippen LogP contribution in [0.4, 0.5) is 5.69 Å². The molecule has 0 aliphatic heterocycles. The maximum atomic E-state index is 11.9. The standard InChI is InChI=1S/C17H25N3O3S/c1-17(2,3)15(22)20-16(24)19-13-8-6-12(7-9-13)14(21)18-10-5-11-23-4/h6-9H,5,10-11H2,1-4H3,(H,18,21)(H2,19,20,22,24). The van der Waals surface area contributed by atoms with Crippen molar-refractivity contribution in [1.82, 2.24) is 10.6 Å². The smallest absolute Gasteiger partial charge is 0.251 e. The molecule has 0 atom stereocenters. The second-order valence-corrected chi connectivity index (χ2v) is 6.75. The number of benzene rings is 1. The third kappa shape index (κ3) is 7.06. The lowest BCUT2D eigenvalue weighted by atomic mass is 9.96. The predicted octanol–water partition coefficient (Wildman–Crippen LogP) is 2.31. The molecule has 1 aromatic rings. The second kappa shape index (κ2) is 9.34. The third-order valence-corrected chi connectivity index (χ3v) is 3.33. The number of carbonyl (C=O) groups excluding carboxylic acids is 2. The van der Waals surface area contributed by atoms with Gasteiger partial charge in [-0.05, 0) is 42.9 Å². The van der Waals surface area contributed by atoms with Crippen molar-refractivity contribution in [3.63, 3.8) is 0 Å². The molecular weight excluding hydrogens is 326 g/mol. The van der Waals surface area contributed by atoms with Crippen LogP contribution in [-0.4, -0.2) is 37.2 Å². The molecule has 0 radical (unpaired) electrons. The number of hydrogen-bond acceptors (Lipinski definition) is 4. The summed E-state index contributed by atoms with van der Waals surface area (Å²) in [4.78, 5) is 23.8. The topological polar surface area (TPSA) is 79.5 Å². The molecule has 0 saturated carbocycles. The number of amides is 2. The van der Waals surface area contributed by atoms with Gasteiger partial charge in [0, 0.05) is 36.9 Å². The van der Waals surface area contributed by atoms with Crippen molar-refractivity contribution >= 4 is 34.8 Å². The van der Waals surface area contributed by atoms with E-state index < -0.39 is 5.41 Å². The predicted molar refractivity (Wildman–Crippen MR) is 99.1 cm³/mol. The highest BCUT2D eigenvalue weighted by atomic mass is 32.1. The summed E-state index contributed by atoms with van der Waals surface area (Å²) >= 11 is 5.11. The molecule has 0 bridgehead atoms. The van der Waals surface area contributed by atoms with E-state index >= 15 is 0 Å². The van der Waals surface area contributed by atoms with Gasteiger partial charge in [0.1, 0.15) is 0 Å². The highest BCUT2D eigenvalue weighted by Crippen LogP contribution is 2.13. The maximum Gasteiger partial charge on any atom is 0.251 e. The van der Waals surface area contributed by atoms with Crippen molar-refractivity contribution in [3.8, 4) is 0 Å². The molecule has 7 heteroatoms. The van der Waals surface area contributed by atoms with E-state index in [1.165, 1.54) is 0 Å². The Kier molecular flexibility index (Phi) is 7.81. The van der Waals surface area contributed by atoms with E-state index in [1.807, 2.05) is 20.8 Å². The molecule has 0 aliphatic carbocycles. The summed E-state index contributed by atoms with van der Waals surface area (Å²) in [6, 6.07) is 6.86. The number of thiocarbonyl (C=S) groups is 1. The summed E-state index contributed by atoms with van der Waals surface area (Å²) in [6.45, 7) is 6.61. The molecule has 1 rings (SSSR count). The molecule has 0 aromatic heterocycles. The zero-order valence-corrected chi connectivity index (χ0v) is 15.4. The van der Waals surface area contributed by atoms with Gasteiger partial charge in [0.15, 0.2) is 5.11 Å². The van der Waals surface area contributed by atoms with Crippen LogP contribution in [0, 0.1) is 5.41 Å². The van der Waals surface area contributed by atoms with Gasteiger partial charge < -0.3 is 20.7 Å². The molecule has 0 heterocycles. The molecular formula is C17H25N3O3S. The molecule has 3 N–H and O–H groups in total. The van der Waals surface area contributed by atoms with Crippen LogP contribution in [0.3, 0.4) is 0 Å². The highest BCUT2D eigenvalue weighted by Gasteiger charge is 2.21. The van der Waals surface area contributed by atoms with Gasteiger partial charge >= 0.3 is 0 Å². The monoisotopic (exact) mass is 351 g/mol. The van der Waals surface area contributed by atoms with Crippen molar-refractivity contribution < 1.29 is 14.3 Å². The number of anilines is 1. The Hall–Kier alpha value is -1.99. The van der Waals surface area contributed by atoms with Crippen molar-refractivity contribution in [1.29, 1.82) is 0 Å². The molecule has 6 nitrogen and oxygen atoms in total. The Morgan fingerprint density at radius 1 is 1.17 bits per heavy atom. The van der Waals surface area contributed by atoms with E-state index in [0.29, 0.717) is 24.4 Å². The van der Waals surface area contributed by atoms with E-state index in [2.05, 4.69) is 16.0 Å². The van der Waals surface area contributed by atoms with Gasteiger partial charge in [-0.1, -0.05) is 20.8 Å². The van der Waals surface area contributed by atoms with Gasteiger partial charge in [0.2, 0.25) is 5.91 Å². The zero-order valence-electron chi connectivity index (χ0n) is 14.6. The van der Waals surface area contributed by atoms with Gasteiger partial charge in [-0.25, -0.2) is 0 Å². The van der Waals surface area contributed by atoms with Crippen LogP contribution in [-0.2, 0) is 9.53 Å². The average molecular weight is 351 g/mol. The zero-order chi connectivity index (χ0) is 18.2. The number of carbonyl (C=O) groups is 2. The fourth-order valence-electron chi connectivity index (χ4n) is 1.68. The summed E-state index contributed by atoms with van der Waals surface area (Å²) in [6.07, 6.45) is 0.767. The molecule has 0 aliphatic rings. The minimum Gasteiger partial charge on any atom is -0.385 e. The fourth-order valence-corrected chi connectivity index (χ4v) is 1.89. The quantitative estimate of drug-likeness (QED) is 0.541. The Balaban J connectivity index is 2.51. The van der Waals surface area contributed by atoms with E-state index in [1.54, 1.807) is 31.4 Å². The summed E-state index contributed by atoms with van der Waals surface area (Å²) in [5, 5.41) is 8.60. The first-order valence-electron chi connectivity index (χ1n) is 7.73. The number of nitrogens with one attached hydrogen (secondary N) is 3. The number of methoxy groups -OCH3 is 1. The molecule has 132 valence electrons. The lowest BCUT2D eigenvalue weighted by molar-refractivity contribution is -0.126. The van der Waals surface area contributed by atoms with Crippen LogP contribution in [0.25, 0.3) is 0 Å². The lowest BCUT2D eigenvalue weighted by Gasteiger charge is -2.18. The molecule has 0 fully saturated rings. The Bertz CT molecular complexity index is 580. The minimum atomic E-state index is -0.517. The first-order valence-corrected chi connectivity index (χ1v) is 8.14. The number of hydrogen-bond donors (Lipinski definition) is 3. The molecule has 2 amide bonds.